The predicted molar refractivity (Wildman–Crippen MR) is 68.7 cm³/mol. The molecule has 2 bridgehead atoms. The minimum absolute atomic E-state index is 0.273. The summed E-state index contributed by atoms with van der Waals surface area (Å²) in [6, 6.07) is 7.37. The third-order valence-corrected chi connectivity index (χ3v) is 4.54. The lowest BCUT2D eigenvalue weighted by atomic mass is 9.84. The summed E-state index contributed by atoms with van der Waals surface area (Å²) < 4.78 is 0. The molecule has 2 heteroatoms. The molecule has 0 radical (unpaired) electrons. The van der Waals surface area contributed by atoms with E-state index >= 15 is 0 Å². The van der Waals surface area contributed by atoms with E-state index < -0.39 is 0 Å². The van der Waals surface area contributed by atoms with Crippen LogP contribution < -0.4 is 5.73 Å². The van der Waals surface area contributed by atoms with Gasteiger partial charge in [-0.25, -0.2) is 0 Å². The van der Waals surface area contributed by atoms with Crippen LogP contribution in [0.25, 0.3) is 0 Å². The molecule has 3 unspecified atom stereocenters. The van der Waals surface area contributed by atoms with Crippen molar-refractivity contribution in [2.45, 2.75) is 32.1 Å². The summed E-state index contributed by atoms with van der Waals surface area (Å²) >= 11 is 0. The van der Waals surface area contributed by atoms with Crippen LogP contribution in [0, 0.1) is 17.8 Å². The largest absolute Gasteiger partial charge is 0.399 e. The van der Waals surface area contributed by atoms with E-state index in [-0.39, 0.29) is 5.78 Å². The molecular weight excluding hydrogens is 210 g/mol. The summed E-state index contributed by atoms with van der Waals surface area (Å²) in [5.41, 5.74) is 7.18. The molecule has 2 nitrogen and oxygen atoms in total. The maximum atomic E-state index is 12.2. The molecular formula is C15H19NO. The molecule has 2 N–H and O–H groups in total. The summed E-state index contributed by atoms with van der Waals surface area (Å²) in [5.74, 6) is 2.65. The normalized spacial score (nSPS) is 30.7. The second-order valence-corrected chi connectivity index (χ2v) is 5.69. The van der Waals surface area contributed by atoms with E-state index in [1.54, 1.807) is 6.07 Å². The van der Waals surface area contributed by atoms with Crippen LogP contribution in [0.4, 0.5) is 5.69 Å². The van der Waals surface area contributed by atoms with Gasteiger partial charge in [0.15, 0.2) is 5.78 Å². The minimum Gasteiger partial charge on any atom is -0.399 e. The van der Waals surface area contributed by atoms with E-state index in [0.717, 1.165) is 23.8 Å². The highest BCUT2D eigenvalue weighted by molar-refractivity contribution is 5.97. The highest BCUT2D eigenvalue weighted by Crippen LogP contribution is 2.49. The Balaban J connectivity index is 1.68. The number of carbonyl (C=O) groups is 1. The smallest absolute Gasteiger partial charge is 0.163 e. The Kier molecular flexibility index (Phi) is 2.65. The molecule has 0 saturated heterocycles. The van der Waals surface area contributed by atoms with Crippen molar-refractivity contribution in [3.63, 3.8) is 0 Å². The van der Waals surface area contributed by atoms with Crippen LogP contribution in [-0.4, -0.2) is 5.78 Å². The fraction of sp³-hybridized carbons (Fsp3) is 0.533. The molecule has 0 spiro atoms. The number of rotatable bonds is 3. The fourth-order valence-electron chi connectivity index (χ4n) is 3.69. The van der Waals surface area contributed by atoms with Gasteiger partial charge in [-0.05, 0) is 49.1 Å². The Labute approximate surface area is 102 Å². The molecule has 1 aromatic carbocycles. The lowest BCUT2D eigenvalue weighted by molar-refractivity contribution is 0.0944. The summed E-state index contributed by atoms with van der Waals surface area (Å²) in [5, 5.41) is 0. The van der Waals surface area contributed by atoms with Gasteiger partial charge in [0.1, 0.15) is 0 Å². The second kappa shape index (κ2) is 4.17. The zero-order chi connectivity index (χ0) is 11.8. The lowest BCUT2D eigenvalue weighted by Crippen LogP contribution is -2.15. The van der Waals surface area contributed by atoms with Crippen LogP contribution >= 0.6 is 0 Å². The monoisotopic (exact) mass is 229 g/mol. The van der Waals surface area contributed by atoms with Gasteiger partial charge in [-0.15, -0.1) is 0 Å². The third-order valence-electron chi connectivity index (χ3n) is 4.54. The van der Waals surface area contributed by atoms with E-state index in [1.165, 1.54) is 25.7 Å². The van der Waals surface area contributed by atoms with Gasteiger partial charge >= 0.3 is 0 Å². The van der Waals surface area contributed by atoms with Gasteiger partial charge in [0.05, 0.1) is 0 Å². The first-order chi connectivity index (χ1) is 8.22. The minimum atomic E-state index is 0.273. The van der Waals surface area contributed by atoms with Crippen molar-refractivity contribution in [1.82, 2.24) is 0 Å². The molecule has 2 saturated carbocycles. The number of ketones is 1. The number of nitrogen functional groups attached to an aromatic ring is 1. The van der Waals surface area contributed by atoms with Crippen molar-refractivity contribution in [1.29, 1.82) is 0 Å². The SMILES string of the molecule is Nc1cccc(C(=O)CC2CC3CCC2C3)c1. The molecule has 0 heterocycles. The number of Topliss-reactive ketones (excluding diaryl/α,β-unsaturated/α-hetero) is 1. The van der Waals surface area contributed by atoms with E-state index in [2.05, 4.69) is 0 Å². The average Bonchev–Trinajstić information content (AvgIpc) is 2.91. The first kappa shape index (κ1) is 10.8. The highest BCUT2D eigenvalue weighted by Gasteiger charge is 2.40. The van der Waals surface area contributed by atoms with Crippen LogP contribution in [0.3, 0.4) is 0 Å². The molecule has 2 aliphatic carbocycles. The van der Waals surface area contributed by atoms with Gasteiger partial charge in [0.25, 0.3) is 0 Å². The van der Waals surface area contributed by atoms with Gasteiger partial charge in [0.2, 0.25) is 0 Å². The Hall–Kier alpha value is -1.31. The first-order valence-corrected chi connectivity index (χ1v) is 6.61. The molecule has 3 atom stereocenters. The lowest BCUT2D eigenvalue weighted by Gasteiger charge is -2.20. The van der Waals surface area contributed by atoms with Gasteiger partial charge in [-0.3, -0.25) is 4.79 Å². The Morgan fingerprint density at radius 1 is 1.29 bits per heavy atom. The average molecular weight is 229 g/mol. The van der Waals surface area contributed by atoms with Gasteiger partial charge < -0.3 is 5.73 Å². The van der Waals surface area contributed by atoms with E-state index in [4.69, 9.17) is 5.73 Å². The Morgan fingerprint density at radius 3 is 2.82 bits per heavy atom. The molecule has 0 aliphatic heterocycles. The molecule has 17 heavy (non-hydrogen) atoms. The summed E-state index contributed by atoms with van der Waals surface area (Å²) in [6.07, 6.45) is 6.12. The summed E-state index contributed by atoms with van der Waals surface area (Å²) in [7, 11) is 0. The number of benzene rings is 1. The van der Waals surface area contributed by atoms with Crippen LogP contribution in [-0.2, 0) is 0 Å². The molecule has 0 amide bonds. The zero-order valence-corrected chi connectivity index (χ0v) is 10.1. The zero-order valence-electron chi connectivity index (χ0n) is 10.1. The van der Waals surface area contributed by atoms with E-state index in [1.807, 2.05) is 18.2 Å². The standard InChI is InChI=1S/C15H19NO/c16-14-3-1-2-12(8-14)15(17)9-13-7-10-4-5-11(13)6-10/h1-3,8,10-11,13H,4-7,9,16H2. The summed E-state index contributed by atoms with van der Waals surface area (Å²) in [4.78, 5) is 12.2. The third kappa shape index (κ3) is 2.08. The van der Waals surface area contributed by atoms with Gasteiger partial charge in [-0.2, -0.15) is 0 Å². The second-order valence-electron chi connectivity index (χ2n) is 5.69. The fourth-order valence-corrected chi connectivity index (χ4v) is 3.69. The van der Waals surface area contributed by atoms with Crippen molar-refractivity contribution in [3.05, 3.63) is 29.8 Å². The molecule has 90 valence electrons. The van der Waals surface area contributed by atoms with E-state index in [9.17, 15) is 4.79 Å². The predicted octanol–water partition coefficient (Wildman–Crippen LogP) is 3.28. The van der Waals surface area contributed by atoms with Crippen LogP contribution in [0.1, 0.15) is 42.5 Å². The quantitative estimate of drug-likeness (QED) is 0.638. The topological polar surface area (TPSA) is 43.1 Å². The number of hydrogen-bond donors (Lipinski definition) is 1. The van der Waals surface area contributed by atoms with Gasteiger partial charge in [-0.1, -0.05) is 18.6 Å². The van der Waals surface area contributed by atoms with Crippen LogP contribution in [0.15, 0.2) is 24.3 Å². The first-order valence-electron chi connectivity index (χ1n) is 6.61. The molecule has 2 fully saturated rings. The highest BCUT2D eigenvalue weighted by atomic mass is 16.1. The van der Waals surface area contributed by atoms with Crippen molar-refractivity contribution in [3.8, 4) is 0 Å². The van der Waals surface area contributed by atoms with Crippen LogP contribution in [0.2, 0.25) is 0 Å². The molecule has 1 aromatic rings. The molecule has 0 aromatic heterocycles. The van der Waals surface area contributed by atoms with Crippen LogP contribution in [0.5, 0.6) is 0 Å². The molecule has 3 rings (SSSR count). The maximum Gasteiger partial charge on any atom is 0.163 e. The van der Waals surface area contributed by atoms with Crippen molar-refractivity contribution >= 4 is 11.5 Å². The Bertz CT molecular complexity index is 440. The van der Waals surface area contributed by atoms with Crippen molar-refractivity contribution in [2.24, 2.45) is 17.8 Å². The number of carbonyl (C=O) groups excluding carboxylic acids is 1. The van der Waals surface area contributed by atoms with Crippen molar-refractivity contribution < 1.29 is 4.79 Å². The number of anilines is 1. The molecule has 2 aliphatic rings. The van der Waals surface area contributed by atoms with E-state index in [0.29, 0.717) is 11.6 Å². The number of fused-ring (bicyclic) bond motifs is 2. The number of hydrogen-bond acceptors (Lipinski definition) is 2. The summed E-state index contributed by atoms with van der Waals surface area (Å²) in [6.45, 7) is 0. The number of nitrogens with two attached hydrogens (primary N) is 1. The maximum absolute atomic E-state index is 12.2. The van der Waals surface area contributed by atoms with Crippen molar-refractivity contribution in [2.75, 3.05) is 5.73 Å². The Morgan fingerprint density at radius 2 is 2.18 bits per heavy atom. The van der Waals surface area contributed by atoms with Gasteiger partial charge in [0, 0.05) is 17.7 Å².